The lowest BCUT2D eigenvalue weighted by Crippen LogP contribution is -1.95. The van der Waals surface area contributed by atoms with Gasteiger partial charge in [-0.3, -0.25) is 10.1 Å². The minimum Gasteiger partial charge on any atom is -0.258 e. The molecule has 3 aromatic carbocycles. The SMILES string of the molecule is O=[N+]([O-])c1cccc2c(-c3ccccc3)cc(-c3ccccc3)nc12. The van der Waals surface area contributed by atoms with Crippen LogP contribution >= 0.6 is 0 Å². The fourth-order valence-electron chi connectivity index (χ4n) is 2.99. The molecular formula is C21H14N2O2. The summed E-state index contributed by atoms with van der Waals surface area (Å²) >= 11 is 0. The van der Waals surface area contributed by atoms with Crippen LogP contribution in [0, 0.1) is 10.1 Å². The number of rotatable bonds is 3. The Bertz CT molecular complexity index is 1060. The van der Waals surface area contributed by atoms with Crippen molar-refractivity contribution in [3.8, 4) is 22.4 Å². The van der Waals surface area contributed by atoms with Gasteiger partial charge in [0.05, 0.1) is 10.6 Å². The lowest BCUT2D eigenvalue weighted by molar-refractivity contribution is -0.383. The molecule has 0 saturated carbocycles. The molecule has 0 amide bonds. The fourth-order valence-corrected chi connectivity index (χ4v) is 2.99. The summed E-state index contributed by atoms with van der Waals surface area (Å²) in [4.78, 5) is 15.7. The van der Waals surface area contributed by atoms with Gasteiger partial charge in [-0.15, -0.1) is 0 Å². The monoisotopic (exact) mass is 326 g/mol. The standard InChI is InChI=1S/C21H14N2O2/c24-23(25)20-13-7-12-17-18(15-8-3-1-4-9-15)14-19(22-21(17)20)16-10-5-2-6-11-16/h1-14H. The second-order valence-electron chi connectivity index (χ2n) is 5.72. The summed E-state index contributed by atoms with van der Waals surface area (Å²) in [6.07, 6.45) is 0. The van der Waals surface area contributed by atoms with Crippen molar-refractivity contribution >= 4 is 16.6 Å². The quantitative estimate of drug-likeness (QED) is 0.370. The summed E-state index contributed by atoms with van der Waals surface area (Å²) in [5, 5.41) is 12.3. The van der Waals surface area contributed by atoms with E-state index in [1.807, 2.05) is 72.8 Å². The van der Waals surface area contributed by atoms with E-state index in [-0.39, 0.29) is 10.6 Å². The molecule has 0 aliphatic rings. The first kappa shape index (κ1) is 15.0. The Morgan fingerprint density at radius 1 is 0.760 bits per heavy atom. The molecule has 1 heterocycles. The fraction of sp³-hybridized carbons (Fsp3) is 0. The van der Waals surface area contributed by atoms with E-state index in [0.29, 0.717) is 5.52 Å². The van der Waals surface area contributed by atoms with E-state index in [1.54, 1.807) is 6.07 Å². The van der Waals surface area contributed by atoms with Crippen LogP contribution in [0.3, 0.4) is 0 Å². The van der Waals surface area contributed by atoms with E-state index in [9.17, 15) is 10.1 Å². The molecule has 0 N–H and O–H groups in total. The van der Waals surface area contributed by atoms with Gasteiger partial charge in [0.15, 0.2) is 0 Å². The Morgan fingerprint density at radius 2 is 1.40 bits per heavy atom. The van der Waals surface area contributed by atoms with E-state index in [1.165, 1.54) is 6.07 Å². The second-order valence-corrected chi connectivity index (χ2v) is 5.72. The van der Waals surface area contributed by atoms with Crippen molar-refractivity contribution < 1.29 is 4.92 Å². The third-order valence-electron chi connectivity index (χ3n) is 4.17. The van der Waals surface area contributed by atoms with E-state index in [4.69, 9.17) is 0 Å². The van der Waals surface area contributed by atoms with Gasteiger partial charge in [-0.1, -0.05) is 72.8 Å². The van der Waals surface area contributed by atoms with Crippen LogP contribution in [0.1, 0.15) is 0 Å². The molecule has 4 aromatic rings. The highest BCUT2D eigenvalue weighted by Crippen LogP contribution is 2.35. The molecule has 0 atom stereocenters. The molecular weight excluding hydrogens is 312 g/mol. The van der Waals surface area contributed by atoms with E-state index < -0.39 is 0 Å². The Labute approximate surface area is 144 Å². The van der Waals surface area contributed by atoms with E-state index in [0.717, 1.165) is 27.8 Å². The van der Waals surface area contributed by atoms with Crippen LogP contribution in [0.15, 0.2) is 84.9 Å². The molecule has 0 saturated heterocycles. The van der Waals surface area contributed by atoms with Crippen LogP contribution in [0.4, 0.5) is 5.69 Å². The van der Waals surface area contributed by atoms with Gasteiger partial charge in [-0.25, -0.2) is 4.98 Å². The van der Waals surface area contributed by atoms with Crippen molar-refractivity contribution in [3.05, 3.63) is 95.0 Å². The number of fused-ring (bicyclic) bond motifs is 1. The molecule has 4 heteroatoms. The molecule has 25 heavy (non-hydrogen) atoms. The Morgan fingerprint density at radius 3 is 2.04 bits per heavy atom. The van der Waals surface area contributed by atoms with Crippen molar-refractivity contribution in [2.45, 2.75) is 0 Å². The maximum atomic E-state index is 11.5. The first-order chi connectivity index (χ1) is 12.2. The first-order valence-electron chi connectivity index (χ1n) is 7.93. The zero-order chi connectivity index (χ0) is 17.2. The molecule has 0 spiro atoms. The van der Waals surface area contributed by atoms with Crippen molar-refractivity contribution in [2.24, 2.45) is 0 Å². The summed E-state index contributed by atoms with van der Waals surface area (Å²) < 4.78 is 0. The lowest BCUT2D eigenvalue weighted by atomic mass is 9.98. The number of nitro groups is 1. The molecule has 0 aliphatic heterocycles. The van der Waals surface area contributed by atoms with Gasteiger partial charge in [0.2, 0.25) is 0 Å². The minimum atomic E-state index is -0.376. The van der Waals surface area contributed by atoms with Gasteiger partial charge in [0.1, 0.15) is 5.52 Å². The molecule has 120 valence electrons. The highest BCUT2D eigenvalue weighted by atomic mass is 16.6. The van der Waals surface area contributed by atoms with Crippen molar-refractivity contribution in [1.82, 2.24) is 4.98 Å². The lowest BCUT2D eigenvalue weighted by Gasteiger charge is -2.10. The topological polar surface area (TPSA) is 56.0 Å². The summed E-state index contributed by atoms with van der Waals surface area (Å²) in [7, 11) is 0. The van der Waals surface area contributed by atoms with E-state index >= 15 is 0 Å². The molecule has 0 radical (unpaired) electrons. The van der Waals surface area contributed by atoms with Gasteiger partial charge in [-0.2, -0.15) is 0 Å². The van der Waals surface area contributed by atoms with Gasteiger partial charge in [0.25, 0.3) is 5.69 Å². The van der Waals surface area contributed by atoms with Crippen LogP contribution < -0.4 is 0 Å². The predicted octanol–water partition coefficient (Wildman–Crippen LogP) is 5.48. The first-order valence-corrected chi connectivity index (χ1v) is 7.93. The number of hydrogen-bond donors (Lipinski definition) is 0. The van der Waals surface area contributed by atoms with Crippen LogP contribution in [-0.4, -0.2) is 9.91 Å². The van der Waals surface area contributed by atoms with Crippen LogP contribution in [-0.2, 0) is 0 Å². The van der Waals surface area contributed by atoms with Gasteiger partial charge < -0.3 is 0 Å². The maximum Gasteiger partial charge on any atom is 0.295 e. The molecule has 4 nitrogen and oxygen atoms in total. The highest BCUT2D eigenvalue weighted by Gasteiger charge is 2.17. The number of aromatic nitrogens is 1. The number of nitrogens with zero attached hydrogens (tertiary/aromatic N) is 2. The van der Waals surface area contributed by atoms with Crippen LogP contribution in [0.25, 0.3) is 33.3 Å². The predicted molar refractivity (Wildman–Crippen MR) is 99.3 cm³/mol. The molecule has 1 aromatic heterocycles. The summed E-state index contributed by atoms with van der Waals surface area (Å²) in [5.41, 5.74) is 4.03. The van der Waals surface area contributed by atoms with Crippen molar-refractivity contribution in [1.29, 1.82) is 0 Å². The Hall–Kier alpha value is -3.53. The normalized spacial score (nSPS) is 10.7. The van der Waals surface area contributed by atoms with Crippen LogP contribution in [0.5, 0.6) is 0 Å². The number of benzene rings is 3. The molecule has 0 aliphatic carbocycles. The Balaban J connectivity index is 2.09. The third-order valence-corrected chi connectivity index (χ3v) is 4.17. The molecule has 0 unspecified atom stereocenters. The molecule has 0 bridgehead atoms. The smallest absolute Gasteiger partial charge is 0.258 e. The van der Waals surface area contributed by atoms with Gasteiger partial charge in [-0.05, 0) is 17.2 Å². The molecule has 4 rings (SSSR count). The minimum absolute atomic E-state index is 0.0208. The Kier molecular flexibility index (Phi) is 3.71. The van der Waals surface area contributed by atoms with Crippen molar-refractivity contribution in [3.63, 3.8) is 0 Å². The van der Waals surface area contributed by atoms with Crippen molar-refractivity contribution in [2.75, 3.05) is 0 Å². The summed E-state index contributed by atoms with van der Waals surface area (Å²) in [6, 6.07) is 26.7. The van der Waals surface area contributed by atoms with Crippen LogP contribution in [0.2, 0.25) is 0 Å². The number of nitro benzene ring substituents is 1. The second kappa shape index (κ2) is 6.17. The summed E-state index contributed by atoms with van der Waals surface area (Å²) in [5.74, 6) is 0. The zero-order valence-corrected chi connectivity index (χ0v) is 13.3. The maximum absolute atomic E-state index is 11.5. The number of para-hydroxylation sites is 1. The average molecular weight is 326 g/mol. The molecule has 0 fully saturated rings. The number of hydrogen-bond acceptors (Lipinski definition) is 3. The third kappa shape index (κ3) is 2.74. The van der Waals surface area contributed by atoms with E-state index in [2.05, 4.69) is 4.98 Å². The number of non-ortho nitro benzene ring substituents is 1. The highest BCUT2D eigenvalue weighted by molar-refractivity contribution is 6.00. The number of pyridine rings is 1. The largest absolute Gasteiger partial charge is 0.295 e. The summed E-state index contributed by atoms with van der Waals surface area (Å²) in [6.45, 7) is 0. The average Bonchev–Trinajstić information content (AvgIpc) is 2.68. The zero-order valence-electron chi connectivity index (χ0n) is 13.3. The van der Waals surface area contributed by atoms with Gasteiger partial charge in [0, 0.05) is 17.0 Å². The van der Waals surface area contributed by atoms with Gasteiger partial charge >= 0.3 is 0 Å².